The molecule has 0 aliphatic heterocycles. The van der Waals surface area contributed by atoms with Crippen molar-refractivity contribution in [3.63, 3.8) is 0 Å². The minimum absolute atomic E-state index is 0.107. The monoisotopic (exact) mass is 1490 g/mol. The van der Waals surface area contributed by atoms with E-state index in [-0.39, 0.29) is 25.7 Å². The van der Waals surface area contributed by atoms with Gasteiger partial charge in [-0.15, -0.1) is 0 Å². The third kappa shape index (κ3) is 74.9. The number of phosphoric ester groups is 2. The van der Waals surface area contributed by atoms with Crippen molar-refractivity contribution < 1.29 is 80.2 Å². The van der Waals surface area contributed by atoms with Gasteiger partial charge in [0.2, 0.25) is 0 Å². The number of phosphoric acid groups is 2. The van der Waals surface area contributed by atoms with Crippen LogP contribution in [0.4, 0.5) is 0 Å². The van der Waals surface area contributed by atoms with Crippen molar-refractivity contribution in [2.45, 2.75) is 458 Å². The Bertz CT molecular complexity index is 1960. The molecule has 17 nitrogen and oxygen atoms in total. The van der Waals surface area contributed by atoms with Gasteiger partial charge in [0, 0.05) is 25.7 Å². The highest BCUT2D eigenvalue weighted by Gasteiger charge is 2.30. The molecule has 0 aromatic rings. The molecule has 0 aliphatic carbocycles. The fourth-order valence-corrected chi connectivity index (χ4v) is 14.4. The summed E-state index contributed by atoms with van der Waals surface area (Å²) in [6, 6.07) is 0. The lowest BCUT2D eigenvalue weighted by Gasteiger charge is -2.21. The molecular formula is C83H162O17P2. The summed E-state index contributed by atoms with van der Waals surface area (Å²) in [4.78, 5) is 73.1. The molecule has 3 N–H and O–H groups in total. The van der Waals surface area contributed by atoms with Crippen LogP contribution in [0.5, 0.6) is 0 Å². The van der Waals surface area contributed by atoms with Crippen LogP contribution in [0.2, 0.25) is 0 Å². The Morgan fingerprint density at radius 2 is 0.500 bits per heavy atom. The number of esters is 4. The second-order valence-electron chi connectivity index (χ2n) is 30.6. The summed E-state index contributed by atoms with van der Waals surface area (Å²) in [7, 11) is -9.92. The number of unbranched alkanes of at least 4 members (excludes halogenated alkanes) is 51. The average Bonchev–Trinajstić information content (AvgIpc) is 0.914. The maximum Gasteiger partial charge on any atom is 0.472 e. The molecule has 0 saturated heterocycles. The lowest BCUT2D eigenvalue weighted by molar-refractivity contribution is -0.161. The van der Waals surface area contributed by atoms with Gasteiger partial charge in [-0.1, -0.05) is 388 Å². The lowest BCUT2D eigenvalue weighted by Crippen LogP contribution is -2.30. The summed E-state index contributed by atoms with van der Waals surface area (Å²) in [6.07, 6.45) is 65.4. The van der Waals surface area contributed by atoms with Gasteiger partial charge in [-0.05, 0) is 37.5 Å². The van der Waals surface area contributed by atoms with E-state index < -0.39 is 97.5 Å². The molecule has 0 bridgehead atoms. The summed E-state index contributed by atoms with van der Waals surface area (Å²) >= 11 is 0. The van der Waals surface area contributed by atoms with Crippen molar-refractivity contribution >= 4 is 39.5 Å². The molecule has 606 valence electrons. The van der Waals surface area contributed by atoms with E-state index in [1.807, 2.05) is 0 Å². The molecule has 0 aliphatic rings. The number of rotatable bonds is 82. The van der Waals surface area contributed by atoms with Crippen LogP contribution in [0.3, 0.4) is 0 Å². The maximum atomic E-state index is 13.1. The Morgan fingerprint density at radius 1 is 0.284 bits per heavy atom. The second-order valence-corrected chi connectivity index (χ2v) is 33.5. The maximum absolute atomic E-state index is 13.1. The van der Waals surface area contributed by atoms with E-state index in [2.05, 4.69) is 41.5 Å². The standard InChI is InChI=1S/C83H162O17P2/c1-7-10-12-14-16-18-20-22-23-24-25-26-27-28-29-30-36-40-44-48-56-62-68-82(87)99-78(71-93-80(85)65-59-53-46-42-38-35-32-31-34-37-41-45-51-57-63-75(4)5)73-97-101(89,90)95-69-77(84)70-96-102(91,92)98-74-79(72-94-81(86)66-60-54-50-49-52-58-64-76(6)9-3)100-83(88)67-61-55-47-43-39-33-21-19-17-15-13-11-8-2/h75-79,84H,7-74H2,1-6H3,(H,89,90)(H,91,92)/t76?,77-,78-,79-/m1/s1. The zero-order valence-corrected chi connectivity index (χ0v) is 68.7. The van der Waals surface area contributed by atoms with Crippen molar-refractivity contribution in [2.24, 2.45) is 11.8 Å². The highest BCUT2D eigenvalue weighted by Crippen LogP contribution is 2.45. The predicted octanol–water partition coefficient (Wildman–Crippen LogP) is 25.1. The molecule has 0 fully saturated rings. The fourth-order valence-electron chi connectivity index (χ4n) is 12.9. The van der Waals surface area contributed by atoms with Crippen LogP contribution in [-0.4, -0.2) is 96.7 Å². The van der Waals surface area contributed by atoms with Crippen LogP contribution in [0, 0.1) is 11.8 Å². The molecule has 0 aromatic heterocycles. The van der Waals surface area contributed by atoms with Crippen molar-refractivity contribution in [3.8, 4) is 0 Å². The van der Waals surface area contributed by atoms with Gasteiger partial charge in [-0.2, -0.15) is 0 Å². The first-order valence-corrected chi connectivity index (χ1v) is 46.0. The van der Waals surface area contributed by atoms with E-state index >= 15 is 0 Å². The fraction of sp³-hybridized carbons (Fsp3) is 0.952. The number of aliphatic hydroxyl groups excluding tert-OH is 1. The Kier molecular flexibility index (Phi) is 73.1. The quantitative estimate of drug-likeness (QED) is 0.0222. The SMILES string of the molecule is CCCCCCCCCCCCCCCCCCCCCCCCC(=O)O[C@H](COC(=O)CCCCCCCCCCCCCCCCC(C)C)COP(=O)(O)OC[C@@H](O)COP(=O)(O)OC[C@@H](COC(=O)CCCCCCCCC(C)CC)OC(=O)CCCCCCCCCCCCCCC. The number of hydrogen-bond acceptors (Lipinski definition) is 15. The molecule has 19 heteroatoms. The highest BCUT2D eigenvalue weighted by atomic mass is 31.2. The average molecular weight is 1490 g/mol. The van der Waals surface area contributed by atoms with E-state index in [1.165, 1.54) is 250 Å². The molecule has 0 rings (SSSR count). The molecule has 0 spiro atoms. The molecular weight excluding hydrogens is 1330 g/mol. The Labute approximate surface area is 626 Å². The number of hydrogen-bond donors (Lipinski definition) is 3. The Morgan fingerprint density at radius 3 is 0.745 bits per heavy atom. The van der Waals surface area contributed by atoms with E-state index in [0.29, 0.717) is 25.7 Å². The first-order chi connectivity index (χ1) is 49.4. The summed E-state index contributed by atoms with van der Waals surface area (Å²) in [6.45, 7) is 9.63. The molecule has 102 heavy (non-hydrogen) atoms. The Balaban J connectivity index is 5.21. The zero-order chi connectivity index (χ0) is 74.9. The largest absolute Gasteiger partial charge is 0.472 e. The highest BCUT2D eigenvalue weighted by molar-refractivity contribution is 7.47. The van der Waals surface area contributed by atoms with E-state index in [9.17, 15) is 43.2 Å². The minimum atomic E-state index is -4.96. The van der Waals surface area contributed by atoms with Gasteiger partial charge in [-0.25, -0.2) is 9.13 Å². The number of ether oxygens (including phenoxy) is 4. The van der Waals surface area contributed by atoms with Crippen LogP contribution in [0.25, 0.3) is 0 Å². The second kappa shape index (κ2) is 74.5. The van der Waals surface area contributed by atoms with Crippen molar-refractivity contribution in [2.75, 3.05) is 39.6 Å². The summed E-state index contributed by atoms with van der Waals surface area (Å²) in [5.41, 5.74) is 0. The van der Waals surface area contributed by atoms with Crippen LogP contribution >= 0.6 is 15.6 Å². The molecule has 0 saturated carbocycles. The minimum Gasteiger partial charge on any atom is -0.462 e. The number of carbonyl (C=O) groups is 4. The Hall–Kier alpha value is -1.94. The van der Waals surface area contributed by atoms with E-state index in [4.69, 9.17) is 37.0 Å². The summed E-state index contributed by atoms with van der Waals surface area (Å²) in [5, 5.41) is 10.6. The molecule has 3 unspecified atom stereocenters. The van der Waals surface area contributed by atoms with Crippen LogP contribution < -0.4 is 0 Å². The van der Waals surface area contributed by atoms with Gasteiger partial charge < -0.3 is 33.8 Å². The first-order valence-electron chi connectivity index (χ1n) is 43.0. The van der Waals surface area contributed by atoms with Crippen LogP contribution in [0.1, 0.15) is 440 Å². The summed E-state index contributed by atoms with van der Waals surface area (Å²) in [5.74, 6) is -0.577. The smallest absolute Gasteiger partial charge is 0.462 e. The topological polar surface area (TPSA) is 237 Å². The van der Waals surface area contributed by atoms with Gasteiger partial charge >= 0.3 is 39.5 Å². The normalized spacial score (nSPS) is 14.1. The molecule has 6 atom stereocenters. The van der Waals surface area contributed by atoms with Crippen molar-refractivity contribution in [1.29, 1.82) is 0 Å². The molecule has 0 amide bonds. The van der Waals surface area contributed by atoms with Crippen LogP contribution in [-0.2, 0) is 65.4 Å². The van der Waals surface area contributed by atoms with Gasteiger partial charge in [0.05, 0.1) is 26.4 Å². The van der Waals surface area contributed by atoms with Crippen molar-refractivity contribution in [1.82, 2.24) is 0 Å². The van der Waals surface area contributed by atoms with Gasteiger partial charge in [0.25, 0.3) is 0 Å². The van der Waals surface area contributed by atoms with E-state index in [1.54, 1.807) is 0 Å². The van der Waals surface area contributed by atoms with Gasteiger partial charge in [0.1, 0.15) is 19.3 Å². The van der Waals surface area contributed by atoms with Gasteiger partial charge in [-0.3, -0.25) is 37.3 Å². The predicted molar refractivity (Wildman–Crippen MR) is 418 cm³/mol. The number of aliphatic hydroxyl groups is 1. The van der Waals surface area contributed by atoms with Gasteiger partial charge in [0.15, 0.2) is 12.2 Å². The van der Waals surface area contributed by atoms with Crippen LogP contribution in [0.15, 0.2) is 0 Å². The third-order valence-electron chi connectivity index (χ3n) is 19.8. The third-order valence-corrected chi connectivity index (χ3v) is 21.7. The zero-order valence-electron chi connectivity index (χ0n) is 66.9. The van der Waals surface area contributed by atoms with Crippen molar-refractivity contribution in [3.05, 3.63) is 0 Å². The molecule has 0 radical (unpaired) electrons. The van der Waals surface area contributed by atoms with E-state index in [0.717, 1.165) is 108 Å². The molecule has 0 heterocycles. The first kappa shape index (κ1) is 100. The summed E-state index contributed by atoms with van der Waals surface area (Å²) < 4.78 is 68.8. The lowest BCUT2D eigenvalue weighted by atomic mass is 10.00. The molecule has 0 aromatic carbocycles. The number of carbonyl (C=O) groups excluding carboxylic acids is 4.